The molecule has 0 aromatic heterocycles. The number of carbonyl (C=O) groups excluding carboxylic acids is 1. The summed E-state index contributed by atoms with van der Waals surface area (Å²) in [6.07, 6.45) is 1.11. The minimum Gasteiger partial charge on any atom is -0.381 e. The lowest BCUT2D eigenvalue weighted by Gasteiger charge is -2.36. The number of ether oxygens (including phenoxy) is 1. The summed E-state index contributed by atoms with van der Waals surface area (Å²) in [5, 5.41) is 2.71. The molecule has 1 aliphatic heterocycles. The van der Waals surface area contributed by atoms with Crippen LogP contribution in [0.2, 0.25) is 0 Å². The van der Waals surface area contributed by atoms with Crippen LogP contribution in [-0.2, 0) is 4.74 Å². The number of nitrogens with one attached hydrogen (secondary N) is 1. The predicted octanol–water partition coefficient (Wildman–Crippen LogP) is 2.48. The molecule has 19 heavy (non-hydrogen) atoms. The van der Waals surface area contributed by atoms with Crippen molar-refractivity contribution >= 4 is 17.5 Å². The van der Waals surface area contributed by atoms with E-state index in [2.05, 4.69) is 5.32 Å². The SMILES string of the molecule is O=C(NC1(CCl)CCOCC1)c1cccc(F)c1F. The molecule has 1 heterocycles. The lowest BCUT2D eigenvalue weighted by Crippen LogP contribution is -2.53. The summed E-state index contributed by atoms with van der Waals surface area (Å²) in [5.41, 5.74) is -0.925. The molecule has 1 aromatic carbocycles. The van der Waals surface area contributed by atoms with Gasteiger partial charge in [-0.25, -0.2) is 8.78 Å². The van der Waals surface area contributed by atoms with Crippen LogP contribution in [0.5, 0.6) is 0 Å². The maximum absolute atomic E-state index is 13.5. The highest BCUT2D eigenvalue weighted by molar-refractivity contribution is 6.19. The number of benzene rings is 1. The molecular weight excluding hydrogens is 276 g/mol. The zero-order chi connectivity index (χ0) is 13.9. The van der Waals surface area contributed by atoms with E-state index in [1.165, 1.54) is 12.1 Å². The van der Waals surface area contributed by atoms with E-state index >= 15 is 0 Å². The average molecular weight is 290 g/mol. The fourth-order valence-corrected chi connectivity index (χ4v) is 2.38. The van der Waals surface area contributed by atoms with Gasteiger partial charge >= 0.3 is 0 Å². The maximum Gasteiger partial charge on any atom is 0.254 e. The Balaban J connectivity index is 2.17. The van der Waals surface area contributed by atoms with Gasteiger partial charge in [-0.05, 0) is 25.0 Å². The fraction of sp³-hybridized carbons (Fsp3) is 0.462. The smallest absolute Gasteiger partial charge is 0.254 e. The van der Waals surface area contributed by atoms with Crippen LogP contribution in [0.25, 0.3) is 0 Å². The fourth-order valence-electron chi connectivity index (χ4n) is 2.04. The monoisotopic (exact) mass is 289 g/mol. The predicted molar refractivity (Wildman–Crippen MR) is 67.3 cm³/mol. The van der Waals surface area contributed by atoms with Gasteiger partial charge in [0, 0.05) is 19.1 Å². The Morgan fingerprint density at radius 2 is 2.05 bits per heavy atom. The first-order valence-electron chi connectivity index (χ1n) is 5.98. The van der Waals surface area contributed by atoms with Gasteiger partial charge in [-0.1, -0.05) is 6.07 Å². The highest BCUT2D eigenvalue weighted by Gasteiger charge is 2.34. The first-order valence-corrected chi connectivity index (χ1v) is 6.52. The molecule has 0 bridgehead atoms. The Bertz CT molecular complexity index is 476. The molecule has 2 rings (SSSR count). The van der Waals surface area contributed by atoms with Crippen molar-refractivity contribution in [1.29, 1.82) is 0 Å². The number of hydrogen-bond donors (Lipinski definition) is 1. The van der Waals surface area contributed by atoms with Crippen LogP contribution in [0.1, 0.15) is 23.2 Å². The van der Waals surface area contributed by atoms with Gasteiger partial charge in [0.15, 0.2) is 11.6 Å². The van der Waals surface area contributed by atoms with E-state index in [1.54, 1.807) is 0 Å². The van der Waals surface area contributed by atoms with Crippen LogP contribution < -0.4 is 5.32 Å². The Labute approximate surface area is 114 Å². The molecule has 0 unspecified atom stereocenters. The van der Waals surface area contributed by atoms with Crippen molar-refractivity contribution in [2.45, 2.75) is 18.4 Å². The van der Waals surface area contributed by atoms with Crippen molar-refractivity contribution in [3.63, 3.8) is 0 Å². The molecule has 3 nitrogen and oxygen atoms in total. The van der Waals surface area contributed by atoms with E-state index in [4.69, 9.17) is 16.3 Å². The van der Waals surface area contributed by atoms with Crippen LogP contribution in [0.15, 0.2) is 18.2 Å². The van der Waals surface area contributed by atoms with Crippen molar-refractivity contribution in [3.8, 4) is 0 Å². The van der Waals surface area contributed by atoms with Gasteiger partial charge in [0.25, 0.3) is 5.91 Å². The third kappa shape index (κ3) is 3.04. The van der Waals surface area contributed by atoms with Gasteiger partial charge in [0.1, 0.15) is 0 Å². The number of alkyl halides is 1. The summed E-state index contributed by atoms with van der Waals surface area (Å²) in [5.74, 6) is -2.63. The summed E-state index contributed by atoms with van der Waals surface area (Å²) in [6.45, 7) is 0.970. The zero-order valence-electron chi connectivity index (χ0n) is 10.2. The van der Waals surface area contributed by atoms with Crippen molar-refractivity contribution in [2.75, 3.05) is 19.1 Å². The Morgan fingerprint density at radius 1 is 1.37 bits per heavy atom. The number of carbonyl (C=O) groups is 1. The maximum atomic E-state index is 13.5. The van der Waals surface area contributed by atoms with E-state index in [-0.39, 0.29) is 11.4 Å². The van der Waals surface area contributed by atoms with E-state index in [0.29, 0.717) is 26.1 Å². The Kier molecular flexibility index (Phi) is 4.37. The molecular formula is C13H14ClF2NO2. The Morgan fingerprint density at radius 3 is 2.68 bits per heavy atom. The Hall–Kier alpha value is -1.20. The molecule has 0 radical (unpaired) electrons. The minimum absolute atomic E-state index is 0.207. The summed E-state index contributed by atoms with van der Waals surface area (Å²) in [7, 11) is 0. The van der Waals surface area contributed by atoms with Gasteiger partial charge in [0.05, 0.1) is 11.1 Å². The zero-order valence-corrected chi connectivity index (χ0v) is 11.0. The quantitative estimate of drug-likeness (QED) is 0.868. The summed E-state index contributed by atoms with van der Waals surface area (Å²) in [4.78, 5) is 12.0. The van der Waals surface area contributed by atoms with Crippen LogP contribution in [0.4, 0.5) is 8.78 Å². The van der Waals surface area contributed by atoms with Crippen molar-refractivity contribution in [2.24, 2.45) is 0 Å². The van der Waals surface area contributed by atoms with Crippen LogP contribution in [0.3, 0.4) is 0 Å². The molecule has 1 aromatic rings. The molecule has 0 atom stereocenters. The van der Waals surface area contributed by atoms with E-state index in [9.17, 15) is 13.6 Å². The third-order valence-corrected chi connectivity index (χ3v) is 3.79. The van der Waals surface area contributed by atoms with E-state index in [0.717, 1.165) is 6.07 Å². The molecule has 0 spiro atoms. The van der Waals surface area contributed by atoms with E-state index in [1.807, 2.05) is 0 Å². The summed E-state index contributed by atoms with van der Waals surface area (Å²) >= 11 is 5.90. The van der Waals surface area contributed by atoms with Gasteiger partial charge in [-0.3, -0.25) is 4.79 Å². The first-order chi connectivity index (χ1) is 9.08. The second kappa shape index (κ2) is 5.84. The van der Waals surface area contributed by atoms with Gasteiger partial charge < -0.3 is 10.1 Å². The largest absolute Gasteiger partial charge is 0.381 e. The standard InChI is InChI=1S/C13H14ClF2NO2/c14-8-13(4-6-19-7-5-13)17-12(18)9-2-1-3-10(15)11(9)16/h1-3H,4-8H2,(H,17,18). The molecule has 1 N–H and O–H groups in total. The molecule has 1 fully saturated rings. The van der Waals surface area contributed by atoms with Crippen molar-refractivity contribution in [3.05, 3.63) is 35.4 Å². The van der Waals surface area contributed by atoms with Gasteiger partial charge in [-0.2, -0.15) is 0 Å². The summed E-state index contributed by atoms with van der Waals surface area (Å²) < 4.78 is 31.8. The highest BCUT2D eigenvalue weighted by atomic mass is 35.5. The topological polar surface area (TPSA) is 38.3 Å². The number of rotatable bonds is 3. The second-order valence-corrected chi connectivity index (χ2v) is 4.85. The first kappa shape index (κ1) is 14.2. The van der Waals surface area contributed by atoms with Crippen LogP contribution >= 0.6 is 11.6 Å². The van der Waals surface area contributed by atoms with Crippen molar-refractivity contribution < 1.29 is 18.3 Å². The number of amides is 1. The minimum atomic E-state index is -1.14. The average Bonchev–Trinajstić information content (AvgIpc) is 2.42. The molecule has 1 amide bonds. The van der Waals surface area contributed by atoms with Crippen LogP contribution in [0, 0.1) is 11.6 Å². The summed E-state index contributed by atoms with van der Waals surface area (Å²) in [6, 6.07) is 3.51. The van der Waals surface area contributed by atoms with Gasteiger partial charge in [-0.15, -0.1) is 11.6 Å². The lowest BCUT2D eigenvalue weighted by atomic mass is 9.91. The van der Waals surface area contributed by atoms with Gasteiger partial charge in [0.2, 0.25) is 0 Å². The number of hydrogen-bond acceptors (Lipinski definition) is 2. The molecule has 1 aliphatic rings. The molecule has 1 saturated heterocycles. The molecule has 0 aliphatic carbocycles. The van der Waals surface area contributed by atoms with Crippen LogP contribution in [-0.4, -0.2) is 30.5 Å². The molecule has 104 valence electrons. The molecule has 6 heteroatoms. The highest BCUT2D eigenvalue weighted by Crippen LogP contribution is 2.23. The third-order valence-electron chi connectivity index (χ3n) is 3.28. The van der Waals surface area contributed by atoms with E-state index < -0.39 is 23.1 Å². The lowest BCUT2D eigenvalue weighted by molar-refractivity contribution is 0.0432. The number of halogens is 3. The van der Waals surface area contributed by atoms with Crippen molar-refractivity contribution in [1.82, 2.24) is 5.32 Å². The normalized spacial score (nSPS) is 18.1. The molecule has 0 saturated carbocycles. The second-order valence-electron chi connectivity index (χ2n) is 4.58.